The molecule has 0 fully saturated rings. The molecular weight excluding hydrogens is 438 g/mol. The highest BCUT2D eigenvalue weighted by Crippen LogP contribution is 2.19. The number of nitrogens with one attached hydrogen (secondary N) is 1. The molecule has 170 valence electrons. The van der Waals surface area contributed by atoms with Gasteiger partial charge in [-0.05, 0) is 55.3 Å². The van der Waals surface area contributed by atoms with Crippen LogP contribution in [0.1, 0.15) is 41.9 Å². The molecule has 0 aliphatic carbocycles. The Morgan fingerprint density at radius 3 is 2.48 bits per heavy atom. The fraction of sp³-hybridized carbons (Fsp3) is 0.292. The quantitative estimate of drug-likeness (QED) is 0.424. The monoisotopic (exact) mass is 463 g/mol. The molecule has 4 rings (SSSR count). The van der Waals surface area contributed by atoms with E-state index in [4.69, 9.17) is 11.6 Å². The van der Waals surface area contributed by atoms with Crippen LogP contribution in [0.2, 0.25) is 5.02 Å². The van der Waals surface area contributed by atoms with Crippen LogP contribution in [0.3, 0.4) is 0 Å². The van der Waals surface area contributed by atoms with E-state index >= 15 is 0 Å². The van der Waals surface area contributed by atoms with Gasteiger partial charge >= 0.3 is 0 Å². The van der Waals surface area contributed by atoms with Crippen LogP contribution < -0.4 is 5.32 Å². The van der Waals surface area contributed by atoms with E-state index in [1.54, 1.807) is 12.1 Å². The van der Waals surface area contributed by atoms with Gasteiger partial charge in [-0.2, -0.15) is 9.90 Å². The number of aryl methyl sites for hydroxylation is 1. The number of benzene rings is 2. The molecule has 1 N–H and O–H groups in total. The van der Waals surface area contributed by atoms with E-state index in [1.165, 1.54) is 10.4 Å². The van der Waals surface area contributed by atoms with E-state index in [9.17, 15) is 4.79 Å². The Morgan fingerprint density at radius 1 is 1.06 bits per heavy atom. The SMILES string of the molecule is CCC(C(=O)NCc1c(C)nn(Cc2ccccc2)c1C)n1nnc(-c2ccc(Cl)cc2)n1. The fourth-order valence-corrected chi connectivity index (χ4v) is 3.84. The van der Waals surface area contributed by atoms with Crippen molar-refractivity contribution in [2.75, 3.05) is 0 Å². The lowest BCUT2D eigenvalue weighted by molar-refractivity contribution is -0.125. The molecule has 9 heteroatoms. The van der Waals surface area contributed by atoms with Gasteiger partial charge in [-0.3, -0.25) is 9.48 Å². The lowest BCUT2D eigenvalue weighted by atomic mass is 10.1. The smallest absolute Gasteiger partial charge is 0.247 e. The van der Waals surface area contributed by atoms with Crippen LogP contribution in [-0.4, -0.2) is 35.9 Å². The summed E-state index contributed by atoms with van der Waals surface area (Å²) < 4.78 is 1.97. The Balaban J connectivity index is 1.44. The molecule has 8 nitrogen and oxygen atoms in total. The molecule has 0 radical (unpaired) electrons. The maximum Gasteiger partial charge on any atom is 0.247 e. The summed E-state index contributed by atoms with van der Waals surface area (Å²) >= 11 is 5.95. The number of carbonyl (C=O) groups is 1. The van der Waals surface area contributed by atoms with Gasteiger partial charge in [-0.15, -0.1) is 10.2 Å². The number of carbonyl (C=O) groups excluding carboxylic acids is 1. The molecule has 0 spiro atoms. The molecule has 1 atom stereocenters. The molecule has 2 heterocycles. The largest absolute Gasteiger partial charge is 0.350 e. The van der Waals surface area contributed by atoms with E-state index in [-0.39, 0.29) is 5.91 Å². The molecule has 2 aromatic heterocycles. The molecule has 2 aromatic carbocycles. The predicted octanol–water partition coefficient (Wildman–Crippen LogP) is 4.12. The van der Waals surface area contributed by atoms with Crippen molar-refractivity contribution in [2.45, 2.75) is 46.3 Å². The van der Waals surface area contributed by atoms with Crippen molar-refractivity contribution in [1.29, 1.82) is 0 Å². The summed E-state index contributed by atoms with van der Waals surface area (Å²) in [5, 5.41) is 21.0. The summed E-state index contributed by atoms with van der Waals surface area (Å²) in [6.45, 7) is 6.99. The van der Waals surface area contributed by atoms with Crippen LogP contribution >= 0.6 is 11.6 Å². The van der Waals surface area contributed by atoms with E-state index < -0.39 is 6.04 Å². The minimum absolute atomic E-state index is 0.160. The maximum absolute atomic E-state index is 13.0. The Bertz CT molecular complexity index is 1230. The number of hydrogen-bond acceptors (Lipinski definition) is 5. The standard InChI is InChI=1S/C24H26ClN7O/c1-4-22(32-29-23(27-30-32)19-10-12-20(25)13-11-19)24(33)26-14-21-16(2)28-31(17(21)3)15-18-8-6-5-7-9-18/h5-13,22H,4,14-15H2,1-3H3,(H,26,33). The zero-order chi connectivity index (χ0) is 23.4. The zero-order valence-corrected chi connectivity index (χ0v) is 19.6. The second-order valence-electron chi connectivity index (χ2n) is 7.87. The predicted molar refractivity (Wildman–Crippen MR) is 127 cm³/mol. The summed E-state index contributed by atoms with van der Waals surface area (Å²) in [6, 6.07) is 16.8. The first-order valence-corrected chi connectivity index (χ1v) is 11.2. The van der Waals surface area contributed by atoms with Crippen molar-refractivity contribution in [3.05, 3.63) is 82.1 Å². The number of aromatic nitrogens is 6. The molecule has 0 aliphatic heterocycles. The van der Waals surface area contributed by atoms with Gasteiger partial charge in [0.05, 0.1) is 12.2 Å². The summed E-state index contributed by atoms with van der Waals surface area (Å²) in [5.41, 5.74) is 4.92. The fourth-order valence-electron chi connectivity index (χ4n) is 3.72. The van der Waals surface area contributed by atoms with Gasteiger partial charge in [-0.1, -0.05) is 48.9 Å². The first-order chi connectivity index (χ1) is 16.0. The van der Waals surface area contributed by atoms with Crippen LogP contribution in [0.5, 0.6) is 0 Å². The number of nitrogens with zero attached hydrogens (tertiary/aromatic N) is 6. The topological polar surface area (TPSA) is 90.5 Å². The highest BCUT2D eigenvalue weighted by molar-refractivity contribution is 6.30. The minimum Gasteiger partial charge on any atom is -0.350 e. The molecule has 0 aliphatic rings. The van der Waals surface area contributed by atoms with E-state index in [2.05, 4.69) is 38.0 Å². The Morgan fingerprint density at radius 2 is 1.79 bits per heavy atom. The molecule has 4 aromatic rings. The number of hydrogen-bond donors (Lipinski definition) is 1. The summed E-state index contributed by atoms with van der Waals surface area (Å²) in [7, 11) is 0. The minimum atomic E-state index is -0.557. The molecular formula is C24H26ClN7O. The highest BCUT2D eigenvalue weighted by Gasteiger charge is 2.23. The Labute approximate surface area is 197 Å². The van der Waals surface area contributed by atoms with Gasteiger partial charge in [0.25, 0.3) is 0 Å². The van der Waals surface area contributed by atoms with E-state index in [1.807, 2.05) is 55.8 Å². The van der Waals surface area contributed by atoms with Crippen molar-refractivity contribution >= 4 is 17.5 Å². The first kappa shape index (κ1) is 22.7. The molecule has 0 saturated carbocycles. The van der Waals surface area contributed by atoms with Crippen molar-refractivity contribution in [3.8, 4) is 11.4 Å². The van der Waals surface area contributed by atoms with Crippen LogP contribution in [-0.2, 0) is 17.9 Å². The number of halogens is 1. The molecule has 1 amide bonds. The van der Waals surface area contributed by atoms with Crippen molar-refractivity contribution in [2.24, 2.45) is 0 Å². The Kier molecular flexibility index (Phi) is 6.84. The van der Waals surface area contributed by atoms with Gasteiger partial charge < -0.3 is 5.32 Å². The lowest BCUT2D eigenvalue weighted by Crippen LogP contribution is -2.33. The van der Waals surface area contributed by atoms with Gasteiger partial charge in [-0.25, -0.2) is 0 Å². The average molecular weight is 464 g/mol. The van der Waals surface area contributed by atoms with Crippen LogP contribution in [0, 0.1) is 13.8 Å². The number of amides is 1. The third kappa shape index (κ3) is 5.12. The molecule has 1 unspecified atom stereocenters. The van der Waals surface area contributed by atoms with Gasteiger partial charge in [0, 0.05) is 28.4 Å². The highest BCUT2D eigenvalue weighted by atomic mass is 35.5. The third-order valence-electron chi connectivity index (χ3n) is 5.64. The molecule has 0 saturated heterocycles. The van der Waals surface area contributed by atoms with Gasteiger partial charge in [0.2, 0.25) is 11.7 Å². The van der Waals surface area contributed by atoms with Gasteiger partial charge in [0.15, 0.2) is 6.04 Å². The zero-order valence-electron chi connectivity index (χ0n) is 18.9. The van der Waals surface area contributed by atoms with Crippen molar-refractivity contribution < 1.29 is 4.79 Å². The van der Waals surface area contributed by atoms with E-state index in [0.717, 1.165) is 22.5 Å². The van der Waals surface area contributed by atoms with Crippen LogP contribution in [0.25, 0.3) is 11.4 Å². The second-order valence-corrected chi connectivity index (χ2v) is 8.31. The molecule has 0 bridgehead atoms. The number of tetrazole rings is 1. The number of rotatable bonds is 8. The van der Waals surface area contributed by atoms with Crippen molar-refractivity contribution in [3.63, 3.8) is 0 Å². The van der Waals surface area contributed by atoms with Crippen molar-refractivity contribution in [1.82, 2.24) is 35.3 Å². The average Bonchev–Trinajstić information content (AvgIpc) is 3.39. The van der Waals surface area contributed by atoms with E-state index in [0.29, 0.717) is 30.4 Å². The maximum atomic E-state index is 13.0. The normalized spacial score (nSPS) is 12.0. The Hall–Kier alpha value is -3.52. The lowest BCUT2D eigenvalue weighted by Gasteiger charge is -2.14. The third-order valence-corrected chi connectivity index (χ3v) is 5.90. The van der Waals surface area contributed by atoms with Crippen LogP contribution in [0.15, 0.2) is 54.6 Å². The summed E-state index contributed by atoms with van der Waals surface area (Å²) in [4.78, 5) is 14.3. The summed E-state index contributed by atoms with van der Waals surface area (Å²) in [6.07, 6.45) is 0.535. The van der Waals surface area contributed by atoms with Gasteiger partial charge in [0.1, 0.15) is 0 Å². The summed E-state index contributed by atoms with van der Waals surface area (Å²) in [5.74, 6) is 0.291. The van der Waals surface area contributed by atoms with Crippen LogP contribution in [0.4, 0.5) is 0 Å². The molecule has 33 heavy (non-hydrogen) atoms. The second kappa shape index (κ2) is 9.95. The first-order valence-electron chi connectivity index (χ1n) is 10.9.